The number of nitrogens with zero attached hydrogens (tertiary/aromatic N) is 1. The Morgan fingerprint density at radius 1 is 0.767 bits per heavy atom. The Hall–Kier alpha value is -4.12. The lowest BCUT2D eigenvalue weighted by Gasteiger charge is -2.31. The second kappa shape index (κ2) is 7.72. The molecular weight excluding hydrogens is 374 g/mol. The van der Waals surface area contributed by atoms with Gasteiger partial charge in [0.2, 0.25) is 0 Å². The number of carbonyl (C=O) groups is 1. The van der Waals surface area contributed by atoms with Crippen LogP contribution in [0.25, 0.3) is 22.4 Å². The Morgan fingerprint density at radius 3 is 2.17 bits per heavy atom. The third-order valence-electron chi connectivity index (χ3n) is 5.20. The molecule has 1 unspecified atom stereocenters. The van der Waals surface area contributed by atoms with E-state index in [9.17, 15) is 4.79 Å². The highest BCUT2D eigenvalue weighted by Gasteiger charge is 2.30. The smallest absolute Gasteiger partial charge is 0.320 e. The van der Waals surface area contributed by atoms with Crippen LogP contribution < -0.4 is 10.6 Å². The van der Waals surface area contributed by atoms with E-state index in [0.717, 1.165) is 39.1 Å². The Balaban J connectivity index is 1.70. The van der Waals surface area contributed by atoms with Crippen molar-refractivity contribution in [3.05, 3.63) is 114 Å². The quantitative estimate of drug-likeness (QED) is 0.497. The highest BCUT2D eigenvalue weighted by atomic mass is 16.5. The monoisotopic (exact) mass is 393 g/mol. The molecule has 4 aromatic rings. The third-order valence-corrected chi connectivity index (χ3v) is 5.20. The molecule has 146 valence electrons. The summed E-state index contributed by atoms with van der Waals surface area (Å²) < 4.78 is 5.00. The van der Waals surface area contributed by atoms with Crippen molar-refractivity contribution >= 4 is 17.3 Å². The number of aromatic nitrogens is 1. The minimum Gasteiger partial charge on any atom is -0.364 e. The summed E-state index contributed by atoms with van der Waals surface area (Å²) in [6.45, 7) is 0. The molecule has 0 aliphatic carbocycles. The maximum absolute atomic E-state index is 12.6. The zero-order valence-corrected chi connectivity index (χ0v) is 16.1. The van der Waals surface area contributed by atoms with Gasteiger partial charge in [0.25, 0.3) is 0 Å². The maximum Gasteiger partial charge on any atom is 0.320 e. The first-order valence-corrected chi connectivity index (χ1v) is 9.72. The molecule has 0 fully saturated rings. The van der Waals surface area contributed by atoms with E-state index in [0.29, 0.717) is 0 Å². The van der Waals surface area contributed by atoms with Gasteiger partial charge in [0.05, 0.1) is 17.9 Å². The molecule has 0 radical (unpaired) electrons. The second-order valence-electron chi connectivity index (χ2n) is 7.09. The van der Waals surface area contributed by atoms with Crippen molar-refractivity contribution in [1.82, 2.24) is 15.8 Å². The van der Waals surface area contributed by atoms with E-state index < -0.39 is 0 Å². The van der Waals surface area contributed by atoms with Crippen molar-refractivity contribution < 1.29 is 9.32 Å². The number of hydrogen-bond donors (Lipinski definition) is 2. The van der Waals surface area contributed by atoms with Gasteiger partial charge in [0.15, 0.2) is 0 Å². The van der Waals surface area contributed by atoms with Crippen LogP contribution in [0.2, 0.25) is 0 Å². The Labute approximate surface area is 174 Å². The lowest BCUT2D eigenvalue weighted by atomic mass is 9.87. The largest absolute Gasteiger partial charge is 0.364 e. The van der Waals surface area contributed by atoms with Crippen LogP contribution in [0.1, 0.15) is 22.7 Å². The zero-order chi connectivity index (χ0) is 20.3. The van der Waals surface area contributed by atoms with Gasteiger partial charge in [-0.25, -0.2) is 4.79 Å². The minimum absolute atomic E-state index is 0.228. The van der Waals surface area contributed by atoms with Gasteiger partial charge in [-0.3, -0.25) is 0 Å². The standard InChI is InChI=1S/C25H19N3O2/c29-25-27-23(18-10-5-2-6-11-18)22(17-8-3-1-4-9-17)24(28-25)20-13-7-12-19(14-20)21-15-26-30-16-21/h1-16,24H,(H2,27,28,29). The Kier molecular flexibility index (Phi) is 4.62. The molecule has 30 heavy (non-hydrogen) atoms. The van der Waals surface area contributed by atoms with E-state index in [1.165, 1.54) is 0 Å². The Morgan fingerprint density at radius 2 is 1.47 bits per heavy atom. The second-order valence-corrected chi connectivity index (χ2v) is 7.09. The van der Waals surface area contributed by atoms with Gasteiger partial charge in [0.1, 0.15) is 6.26 Å². The van der Waals surface area contributed by atoms with Crippen LogP contribution in [-0.2, 0) is 0 Å². The number of rotatable bonds is 4. The highest BCUT2D eigenvalue weighted by Crippen LogP contribution is 2.38. The van der Waals surface area contributed by atoms with Crippen molar-refractivity contribution in [3.8, 4) is 11.1 Å². The van der Waals surface area contributed by atoms with Gasteiger partial charge in [-0.2, -0.15) is 0 Å². The van der Waals surface area contributed by atoms with E-state index in [4.69, 9.17) is 4.52 Å². The molecule has 0 saturated carbocycles. The molecule has 2 amide bonds. The van der Waals surface area contributed by atoms with E-state index in [1.54, 1.807) is 12.5 Å². The normalized spacial score (nSPS) is 16.1. The van der Waals surface area contributed by atoms with Crippen LogP contribution in [0.4, 0.5) is 4.79 Å². The molecule has 5 nitrogen and oxygen atoms in total. The summed E-state index contributed by atoms with van der Waals surface area (Å²) in [5.41, 5.74) is 6.70. The van der Waals surface area contributed by atoms with Crippen molar-refractivity contribution in [2.45, 2.75) is 6.04 Å². The van der Waals surface area contributed by atoms with E-state index in [2.05, 4.69) is 34.0 Å². The van der Waals surface area contributed by atoms with Gasteiger partial charge >= 0.3 is 6.03 Å². The summed E-state index contributed by atoms with van der Waals surface area (Å²) in [6.07, 6.45) is 3.30. The maximum atomic E-state index is 12.6. The predicted octanol–water partition coefficient (Wildman–Crippen LogP) is 5.26. The number of amides is 2. The van der Waals surface area contributed by atoms with E-state index in [-0.39, 0.29) is 12.1 Å². The molecule has 2 N–H and O–H groups in total. The van der Waals surface area contributed by atoms with Crippen LogP contribution in [0.5, 0.6) is 0 Å². The number of benzene rings is 3. The molecular formula is C25H19N3O2. The Bertz CT molecular complexity index is 1200. The minimum atomic E-state index is -0.309. The number of nitrogens with one attached hydrogen (secondary N) is 2. The summed E-state index contributed by atoms with van der Waals surface area (Å²) in [5.74, 6) is 0. The first-order valence-electron chi connectivity index (χ1n) is 9.72. The average molecular weight is 393 g/mol. The van der Waals surface area contributed by atoms with Crippen LogP contribution in [0, 0.1) is 0 Å². The number of carbonyl (C=O) groups excluding carboxylic acids is 1. The summed E-state index contributed by atoms with van der Waals surface area (Å²) in [4.78, 5) is 12.6. The summed E-state index contributed by atoms with van der Waals surface area (Å²) in [7, 11) is 0. The van der Waals surface area contributed by atoms with E-state index in [1.807, 2.05) is 66.7 Å². The lowest BCUT2D eigenvalue weighted by molar-refractivity contribution is 0.242. The molecule has 0 saturated heterocycles. The molecule has 0 spiro atoms. The van der Waals surface area contributed by atoms with Gasteiger partial charge in [-0.1, -0.05) is 84.0 Å². The van der Waals surface area contributed by atoms with Crippen molar-refractivity contribution in [2.75, 3.05) is 0 Å². The first kappa shape index (κ1) is 17.9. The molecule has 1 aromatic heterocycles. The average Bonchev–Trinajstić information content (AvgIpc) is 3.35. The molecule has 1 atom stereocenters. The molecule has 2 heterocycles. The molecule has 3 aromatic carbocycles. The van der Waals surface area contributed by atoms with Crippen LogP contribution in [-0.4, -0.2) is 11.2 Å². The van der Waals surface area contributed by atoms with Crippen molar-refractivity contribution in [1.29, 1.82) is 0 Å². The van der Waals surface area contributed by atoms with Crippen molar-refractivity contribution in [2.24, 2.45) is 0 Å². The zero-order valence-electron chi connectivity index (χ0n) is 16.1. The van der Waals surface area contributed by atoms with Gasteiger partial charge in [-0.05, 0) is 28.3 Å². The third kappa shape index (κ3) is 3.37. The molecule has 1 aliphatic rings. The van der Waals surface area contributed by atoms with Gasteiger partial charge in [-0.15, -0.1) is 0 Å². The lowest BCUT2D eigenvalue weighted by Crippen LogP contribution is -2.42. The predicted molar refractivity (Wildman–Crippen MR) is 116 cm³/mol. The number of hydrogen-bond acceptors (Lipinski definition) is 3. The van der Waals surface area contributed by atoms with Gasteiger partial charge in [0, 0.05) is 11.1 Å². The van der Waals surface area contributed by atoms with Gasteiger partial charge < -0.3 is 15.2 Å². The van der Waals surface area contributed by atoms with Crippen LogP contribution >= 0.6 is 0 Å². The fourth-order valence-electron chi connectivity index (χ4n) is 3.82. The molecule has 1 aliphatic heterocycles. The molecule has 0 bridgehead atoms. The fraction of sp³-hybridized carbons (Fsp3) is 0.0400. The summed E-state index contributed by atoms with van der Waals surface area (Å²) in [5, 5.41) is 9.94. The summed E-state index contributed by atoms with van der Waals surface area (Å²) >= 11 is 0. The molecule has 5 rings (SSSR count). The first-order chi connectivity index (χ1) is 14.8. The van der Waals surface area contributed by atoms with E-state index >= 15 is 0 Å². The van der Waals surface area contributed by atoms with Crippen LogP contribution in [0.15, 0.2) is 102 Å². The van der Waals surface area contributed by atoms with Crippen molar-refractivity contribution in [3.63, 3.8) is 0 Å². The fourth-order valence-corrected chi connectivity index (χ4v) is 3.82. The highest BCUT2D eigenvalue weighted by molar-refractivity contribution is 6.03. The number of urea groups is 1. The molecule has 5 heteroatoms. The SMILES string of the molecule is O=C1NC(c2ccccc2)=C(c2ccccc2)C(c2cccc(-c3cnoc3)c2)N1. The van der Waals surface area contributed by atoms with Crippen LogP contribution in [0.3, 0.4) is 0 Å². The summed E-state index contributed by atoms with van der Waals surface area (Å²) in [6, 6.07) is 27.6. The topological polar surface area (TPSA) is 67.2 Å².